The fraction of sp³-hybridized carbons (Fsp3) is 0.900. The molecule has 0 amide bonds. The maximum Gasteiger partial charge on any atom is 0.320 e. The highest BCUT2D eigenvalue weighted by molar-refractivity contribution is 5.73. The number of nitrogens with one attached hydrogen (secondary N) is 1. The lowest BCUT2D eigenvalue weighted by Gasteiger charge is -2.38. The van der Waals surface area contributed by atoms with Crippen LogP contribution in [0.2, 0.25) is 0 Å². The molecule has 3 heteroatoms. The van der Waals surface area contributed by atoms with Gasteiger partial charge in [-0.25, -0.2) is 0 Å². The first-order valence-corrected chi connectivity index (χ1v) is 5.23. The molecule has 3 atom stereocenters. The van der Waals surface area contributed by atoms with E-state index in [1.54, 1.807) is 0 Å². The molecule has 1 aliphatic carbocycles. The molecule has 0 spiro atoms. The highest BCUT2D eigenvalue weighted by Gasteiger charge is 2.34. The van der Waals surface area contributed by atoms with E-state index in [0.29, 0.717) is 5.92 Å². The number of carbonyl (C=O) groups is 1. The third kappa shape index (κ3) is 1.85. The molecular formula is C10H17NO2. The van der Waals surface area contributed by atoms with Gasteiger partial charge in [-0.15, -0.1) is 0 Å². The Bertz CT molecular complexity index is 205. The summed E-state index contributed by atoms with van der Waals surface area (Å²) in [6.07, 6.45) is 6.02. The summed E-state index contributed by atoms with van der Waals surface area (Å²) in [7, 11) is 0. The largest absolute Gasteiger partial charge is 0.480 e. The Labute approximate surface area is 78.5 Å². The Morgan fingerprint density at radius 1 is 1.23 bits per heavy atom. The molecule has 0 radical (unpaired) electrons. The molecule has 2 fully saturated rings. The fourth-order valence-corrected chi connectivity index (χ4v) is 2.73. The fourth-order valence-electron chi connectivity index (χ4n) is 2.73. The highest BCUT2D eigenvalue weighted by Crippen LogP contribution is 2.35. The predicted octanol–water partition coefficient (Wildman–Crippen LogP) is 1.24. The molecule has 13 heavy (non-hydrogen) atoms. The molecule has 0 unspecified atom stereocenters. The number of carboxylic acids is 1. The summed E-state index contributed by atoms with van der Waals surface area (Å²) >= 11 is 0. The second-order valence-corrected chi connectivity index (χ2v) is 4.34. The van der Waals surface area contributed by atoms with Crippen LogP contribution in [0.5, 0.6) is 0 Å². The number of hydrogen-bond donors (Lipinski definition) is 2. The zero-order valence-corrected chi connectivity index (χ0v) is 7.83. The van der Waals surface area contributed by atoms with Gasteiger partial charge >= 0.3 is 5.97 Å². The van der Waals surface area contributed by atoms with E-state index in [2.05, 4.69) is 5.32 Å². The summed E-state index contributed by atoms with van der Waals surface area (Å²) < 4.78 is 0. The molecule has 1 saturated heterocycles. The number of hydrogen-bond acceptors (Lipinski definition) is 2. The average Bonchev–Trinajstić information content (AvgIpc) is 2.17. The van der Waals surface area contributed by atoms with Crippen molar-refractivity contribution in [2.24, 2.45) is 11.8 Å². The summed E-state index contributed by atoms with van der Waals surface area (Å²) in [6, 6.07) is -0.278. The van der Waals surface area contributed by atoms with Crippen LogP contribution in [0.1, 0.15) is 32.1 Å². The highest BCUT2D eigenvalue weighted by atomic mass is 16.4. The summed E-state index contributed by atoms with van der Waals surface area (Å²) in [5, 5.41) is 12.0. The van der Waals surface area contributed by atoms with Crippen LogP contribution in [-0.4, -0.2) is 23.7 Å². The van der Waals surface area contributed by atoms with E-state index >= 15 is 0 Å². The third-order valence-corrected chi connectivity index (χ3v) is 3.53. The van der Waals surface area contributed by atoms with Gasteiger partial charge in [0.15, 0.2) is 0 Å². The smallest absolute Gasteiger partial charge is 0.320 e. The van der Waals surface area contributed by atoms with Crippen molar-refractivity contribution in [3.8, 4) is 0 Å². The van der Waals surface area contributed by atoms with Gasteiger partial charge in [-0.3, -0.25) is 4.79 Å². The zero-order chi connectivity index (χ0) is 9.26. The summed E-state index contributed by atoms with van der Waals surface area (Å²) in [6.45, 7) is 0.918. The first kappa shape index (κ1) is 9.00. The van der Waals surface area contributed by atoms with Crippen LogP contribution in [0, 0.1) is 11.8 Å². The van der Waals surface area contributed by atoms with E-state index in [9.17, 15) is 4.79 Å². The van der Waals surface area contributed by atoms with E-state index in [4.69, 9.17) is 5.11 Å². The van der Waals surface area contributed by atoms with Gasteiger partial charge in [-0.2, -0.15) is 0 Å². The Morgan fingerprint density at radius 3 is 2.62 bits per heavy atom. The summed E-state index contributed by atoms with van der Waals surface area (Å²) in [5.74, 6) is 0.754. The molecule has 1 saturated carbocycles. The third-order valence-electron chi connectivity index (χ3n) is 3.53. The minimum Gasteiger partial charge on any atom is -0.480 e. The molecule has 0 aromatic carbocycles. The van der Waals surface area contributed by atoms with E-state index in [1.165, 1.54) is 25.7 Å². The van der Waals surface area contributed by atoms with Crippen LogP contribution < -0.4 is 5.32 Å². The van der Waals surface area contributed by atoms with Gasteiger partial charge < -0.3 is 10.4 Å². The van der Waals surface area contributed by atoms with Crippen molar-refractivity contribution in [1.82, 2.24) is 5.32 Å². The van der Waals surface area contributed by atoms with Crippen molar-refractivity contribution in [2.45, 2.75) is 38.1 Å². The second-order valence-electron chi connectivity index (χ2n) is 4.34. The van der Waals surface area contributed by atoms with Crippen LogP contribution in [-0.2, 0) is 4.79 Å². The lowest BCUT2D eigenvalue weighted by molar-refractivity contribution is -0.141. The average molecular weight is 183 g/mol. The van der Waals surface area contributed by atoms with Crippen molar-refractivity contribution in [1.29, 1.82) is 0 Å². The van der Waals surface area contributed by atoms with Gasteiger partial charge in [0, 0.05) is 0 Å². The molecule has 3 nitrogen and oxygen atoms in total. The minimum atomic E-state index is -0.677. The summed E-state index contributed by atoms with van der Waals surface area (Å²) in [4.78, 5) is 10.8. The number of fused-ring (bicyclic) bond motifs is 1. The van der Waals surface area contributed by atoms with Gasteiger partial charge in [-0.05, 0) is 31.2 Å². The lowest BCUT2D eigenvalue weighted by Crippen LogP contribution is -2.48. The molecule has 0 bridgehead atoms. The Balaban J connectivity index is 1.95. The first-order chi connectivity index (χ1) is 6.27. The molecular weight excluding hydrogens is 166 g/mol. The Hall–Kier alpha value is -0.570. The maximum absolute atomic E-state index is 10.8. The normalized spacial score (nSPS) is 39.5. The standard InChI is InChI=1S/C10H17NO2/c12-10(13)9-5-7-3-1-2-4-8(7)6-11-9/h7-9,11H,1-6H2,(H,12,13)/t7-,8+,9+/m0/s1. The van der Waals surface area contributed by atoms with Gasteiger partial charge in [0.05, 0.1) is 0 Å². The van der Waals surface area contributed by atoms with E-state index in [0.717, 1.165) is 18.9 Å². The van der Waals surface area contributed by atoms with Crippen molar-refractivity contribution in [2.75, 3.05) is 6.54 Å². The van der Waals surface area contributed by atoms with Crippen LogP contribution in [0.15, 0.2) is 0 Å². The van der Waals surface area contributed by atoms with Crippen molar-refractivity contribution < 1.29 is 9.90 Å². The Morgan fingerprint density at radius 2 is 1.92 bits per heavy atom. The monoisotopic (exact) mass is 183 g/mol. The molecule has 1 aliphatic heterocycles. The molecule has 2 rings (SSSR count). The van der Waals surface area contributed by atoms with E-state index in [1.807, 2.05) is 0 Å². The van der Waals surface area contributed by atoms with Gasteiger partial charge in [0.25, 0.3) is 0 Å². The molecule has 1 heterocycles. The quantitative estimate of drug-likeness (QED) is 0.643. The molecule has 0 aromatic rings. The number of rotatable bonds is 1. The van der Waals surface area contributed by atoms with E-state index < -0.39 is 5.97 Å². The first-order valence-electron chi connectivity index (χ1n) is 5.23. The predicted molar refractivity (Wildman–Crippen MR) is 49.5 cm³/mol. The lowest BCUT2D eigenvalue weighted by atomic mass is 9.74. The van der Waals surface area contributed by atoms with Gasteiger partial charge in [0.2, 0.25) is 0 Å². The van der Waals surface area contributed by atoms with Crippen molar-refractivity contribution in [3.05, 3.63) is 0 Å². The van der Waals surface area contributed by atoms with E-state index in [-0.39, 0.29) is 6.04 Å². The van der Waals surface area contributed by atoms with Crippen LogP contribution in [0.3, 0.4) is 0 Å². The second kappa shape index (κ2) is 3.66. The SMILES string of the molecule is O=C(O)[C@H]1C[C@@H]2CCCC[C@@H]2CN1. The van der Waals surface area contributed by atoms with Crippen LogP contribution in [0.25, 0.3) is 0 Å². The minimum absolute atomic E-state index is 0.278. The van der Waals surface area contributed by atoms with Crippen molar-refractivity contribution >= 4 is 5.97 Å². The van der Waals surface area contributed by atoms with Crippen LogP contribution in [0.4, 0.5) is 0 Å². The molecule has 74 valence electrons. The molecule has 2 aliphatic rings. The summed E-state index contributed by atoms with van der Waals surface area (Å²) in [5.41, 5.74) is 0. The number of aliphatic carboxylic acids is 1. The van der Waals surface area contributed by atoms with Gasteiger partial charge in [-0.1, -0.05) is 19.3 Å². The van der Waals surface area contributed by atoms with Crippen molar-refractivity contribution in [3.63, 3.8) is 0 Å². The topological polar surface area (TPSA) is 49.3 Å². The Kier molecular flexibility index (Phi) is 2.54. The molecule has 2 N–H and O–H groups in total. The van der Waals surface area contributed by atoms with Crippen LogP contribution >= 0.6 is 0 Å². The zero-order valence-electron chi connectivity index (χ0n) is 7.83. The number of carboxylic acid groups (broad SMARTS) is 1. The van der Waals surface area contributed by atoms with Gasteiger partial charge in [0.1, 0.15) is 6.04 Å². The maximum atomic E-state index is 10.8. The molecule has 0 aromatic heterocycles. The number of piperidine rings is 1.